The highest BCUT2D eigenvalue weighted by Crippen LogP contribution is 1.93. The zero-order valence-corrected chi connectivity index (χ0v) is 4.47. The molecule has 0 bridgehead atoms. The summed E-state index contributed by atoms with van der Waals surface area (Å²) < 4.78 is 0. The van der Waals surface area contributed by atoms with Crippen molar-refractivity contribution in [1.29, 1.82) is 0 Å². The summed E-state index contributed by atoms with van der Waals surface area (Å²) in [5.41, 5.74) is 7.86. The van der Waals surface area contributed by atoms with Crippen molar-refractivity contribution in [3.05, 3.63) is 11.9 Å². The first-order valence-electron chi connectivity index (χ1n) is 2.17. The highest BCUT2D eigenvalue weighted by atomic mass is 15.7. The van der Waals surface area contributed by atoms with Crippen LogP contribution in [0.1, 0.15) is 6.92 Å². The smallest absolute Gasteiger partial charge is 0.0710 e. The Hall–Kier alpha value is -0.700. The summed E-state index contributed by atoms with van der Waals surface area (Å²) in [6.45, 7) is 1.94. The first-order chi connectivity index (χ1) is 3.29. The molecule has 0 amide bonds. The first-order valence-corrected chi connectivity index (χ1v) is 2.17. The second kappa shape index (κ2) is 1.42. The van der Waals surface area contributed by atoms with E-state index in [-0.39, 0.29) is 0 Å². The van der Waals surface area contributed by atoms with E-state index in [1.54, 1.807) is 5.12 Å². The van der Waals surface area contributed by atoms with Crippen LogP contribution in [0.3, 0.4) is 0 Å². The van der Waals surface area contributed by atoms with Gasteiger partial charge in [0.25, 0.3) is 0 Å². The van der Waals surface area contributed by atoms with Crippen molar-refractivity contribution >= 4 is 0 Å². The Morgan fingerprint density at radius 3 is 2.71 bits per heavy atom. The van der Waals surface area contributed by atoms with E-state index >= 15 is 0 Å². The second-order valence-corrected chi connectivity index (χ2v) is 1.54. The lowest BCUT2D eigenvalue weighted by Gasteiger charge is -2.04. The van der Waals surface area contributed by atoms with E-state index in [0.29, 0.717) is 0 Å². The van der Waals surface area contributed by atoms with Crippen LogP contribution in [0.5, 0.6) is 0 Å². The fraction of sp³-hybridized carbons (Fsp3) is 0.500. The van der Waals surface area contributed by atoms with Gasteiger partial charge in [-0.15, -0.1) is 5.12 Å². The predicted molar refractivity (Wildman–Crippen MR) is 26.8 cm³/mol. The Kier molecular flexibility index (Phi) is 0.906. The molecule has 1 aliphatic heterocycles. The lowest BCUT2D eigenvalue weighted by atomic mass is 10.6. The molecule has 7 heavy (non-hydrogen) atoms. The molecule has 1 heterocycles. The average Bonchev–Trinajstić information content (AvgIpc) is 1.87. The maximum Gasteiger partial charge on any atom is 0.0710 e. The molecule has 0 spiro atoms. The number of nitrogens with one attached hydrogen (secondary N) is 1. The molecule has 0 aromatic heterocycles. The predicted octanol–water partition coefficient (Wildman–Crippen LogP) is -0.183. The van der Waals surface area contributed by atoms with E-state index in [2.05, 4.69) is 10.9 Å². The minimum atomic E-state index is 1.02. The molecule has 3 nitrogen and oxygen atoms in total. The highest BCUT2D eigenvalue weighted by Gasteiger charge is 2.02. The Labute approximate surface area is 42.9 Å². The molecule has 1 rings (SSSR count). The highest BCUT2D eigenvalue weighted by molar-refractivity contribution is 4.95. The standard InChI is InChI=1S/C4H8N3/c1-4-3-5-7(2)6-4/h3,5H,1-2H3. The van der Waals surface area contributed by atoms with E-state index in [1.807, 2.05) is 20.2 Å². The van der Waals surface area contributed by atoms with Gasteiger partial charge in [-0.3, -0.25) is 0 Å². The van der Waals surface area contributed by atoms with E-state index in [0.717, 1.165) is 5.70 Å². The van der Waals surface area contributed by atoms with Gasteiger partial charge in [0.15, 0.2) is 0 Å². The number of hydrogen-bond donors (Lipinski definition) is 1. The molecule has 1 N–H and O–H groups in total. The van der Waals surface area contributed by atoms with Gasteiger partial charge >= 0.3 is 0 Å². The topological polar surface area (TPSA) is 29.4 Å². The number of hydrazine groups is 1. The summed E-state index contributed by atoms with van der Waals surface area (Å²) in [6.07, 6.45) is 1.85. The van der Waals surface area contributed by atoms with Crippen molar-refractivity contribution in [3.8, 4) is 0 Å². The van der Waals surface area contributed by atoms with Gasteiger partial charge in [-0.25, -0.2) is 0 Å². The van der Waals surface area contributed by atoms with Crippen molar-refractivity contribution in [3.63, 3.8) is 0 Å². The normalized spacial score (nSPS) is 20.6. The van der Waals surface area contributed by atoms with Crippen molar-refractivity contribution in [2.45, 2.75) is 6.92 Å². The van der Waals surface area contributed by atoms with Crippen LogP contribution >= 0.6 is 0 Å². The summed E-state index contributed by atoms with van der Waals surface area (Å²) in [4.78, 5) is 0. The largest absolute Gasteiger partial charge is 0.305 e. The van der Waals surface area contributed by atoms with E-state index in [1.165, 1.54) is 0 Å². The van der Waals surface area contributed by atoms with Crippen molar-refractivity contribution in [2.24, 2.45) is 0 Å². The van der Waals surface area contributed by atoms with Gasteiger partial charge < -0.3 is 5.43 Å². The molecule has 39 valence electrons. The summed E-state index contributed by atoms with van der Waals surface area (Å²) in [5.74, 6) is 0. The molecule has 1 aliphatic rings. The number of rotatable bonds is 0. The third kappa shape index (κ3) is 0.838. The average molecular weight is 98.1 g/mol. The fourth-order valence-electron chi connectivity index (χ4n) is 0.481. The molecule has 0 unspecified atom stereocenters. The maximum absolute atomic E-state index is 3.97. The van der Waals surface area contributed by atoms with Gasteiger partial charge in [-0.05, 0) is 6.92 Å². The summed E-state index contributed by atoms with van der Waals surface area (Å²) in [5, 5.41) is 1.66. The van der Waals surface area contributed by atoms with Crippen LogP contribution in [0.15, 0.2) is 11.9 Å². The minimum absolute atomic E-state index is 1.02. The fourth-order valence-corrected chi connectivity index (χ4v) is 0.481. The van der Waals surface area contributed by atoms with Gasteiger partial charge in [0.2, 0.25) is 0 Å². The van der Waals surface area contributed by atoms with Crippen LogP contribution < -0.4 is 10.9 Å². The van der Waals surface area contributed by atoms with Gasteiger partial charge in [-0.2, -0.15) is 5.43 Å². The van der Waals surface area contributed by atoms with E-state index in [4.69, 9.17) is 0 Å². The van der Waals surface area contributed by atoms with Crippen LogP contribution in [0.2, 0.25) is 0 Å². The SMILES string of the molecule is CC1=CNN(C)[N]1. The Bertz CT molecular complexity index is 97.1. The van der Waals surface area contributed by atoms with Crippen molar-refractivity contribution < 1.29 is 0 Å². The first kappa shape index (κ1) is 4.46. The second-order valence-electron chi connectivity index (χ2n) is 1.54. The van der Waals surface area contributed by atoms with Crippen molar-refractivity contribution in [2.75, 3.05) is 7.05 Å². The molecule has 0 atom stereocenters. The van der Waals surface area contributed by atoms with Gasteiger partial charge in [-0.1, -0.05) is 0 Å². The van der Waals surface area contributed by atoms with Crippen LogP contribution in [0.25, 0.3) is 0 Å². The number of hydrogen-bond acceptors (Lipinski definition) is 2. The number of nitrogens with zero attached hydrogens (tertiary/aromatic N) is 2. The zero-order chi connectivity index (χ0) is 5.28. The van der Waals surface area contributed by atoms with Crippen LogP contribution in [0, 0.1) is 0 Å². The quantitative estimate of drug-likeness (QED) is 0.455. The minimum Gasteiger partial charge on any atom is -0.305 e. The van der Waals surface area contributed by atoms with Crippen LogP contribution in [0.4, 0.5) is 0 Å². The molecule has 0 aliphatic carbocycles. The van der Waals surface area contributed by atoms with Crippen LogP contribution in [-0.2, 0) is 0 Å². The van der Waals surface area contributed by atoms with E-state index in [9.17, 15) is 0 Å². The molecule has 3 heteroatoms. The third-order valence-corrected chi connectivity index (χ3v) is 0.768. The monoisotopic (exact) mass is 98.1 g/mol. The van der Waals surface area contributed by atoms with Gasteiger partial charge in [0, 0.05) is 13.2 Å². The number of allylic oxidation sites excluding steroid dienone is 1. The molecule has 0 saturated heterocycles. The molecule has 0 saturated carbocycles. The summed E-state index contributed by atoms with van der Waals surface area (Å²) in [7, 11) is 1.85. The maximum atomic E-state index is 3.97. The molecule has 0 fully saturated rings. The lowest BCUT2D eigenvalue weighted by molar-refractivity contribution is 0.233. The third-order valence-electron chi connectivity index (χ3n) is 0.768. The Morgan fingerprint density at radius 2 is 2.57 bits per heavy atom. The lowest BCUT2D eigenvalue weighted by Crippen LogP contribution is -2.29. The van der Waals surface area contributed by atoms with Crippen molar-refractivity contribution in [1.82, 2.24) is 16.0 Å². The Morgan fingerprint density at radius 1 is 1.86 bits per heavy atom. The molecule has 1 radical (unpaired) electrons. The van der Waals surface area contributed by atoms with E-state index < -0.39 is 0 Å². The molecule has 0 aromatic carbocycles. The summed E-state index contributed by atoms with van der Waals surface area (Å²) in [6, 6.07) is 0. The molecule has 0 aromatic rings. The van der Waals surface area contributed by atoms with Crippen LogP contribution in [-0.4, -0.2) is 12.2 Å². The van der Waals surface area contributed by atoms with Gasteiger partial charge in [0.05, 0.1) is 5.70 Å². The van der Waals surface area contributed by atoms with Gasteiger partial charge in [0.1, 0.15) is 0 Å². The summed E-state index contributed by atoms with van der Waals surface area (Å²) >= 11 is 0. The Balaban J connectivity index is 2.42. The molecular weight excluding hydrogens is 90.1 g/mol. The molecular formula is C4H8N3. The zero-order valence-electron chi connectivity index (χ0n) is 4.47.